The summed E-state index contributed by atoms with van der Waals surface area (Å²) in [6.45, 7) is 4.57. The third kappa shape index (κ3) is 3.81. The minimum absolute atomic E-state index is 0.107. The molecular formula is C18H27N5O2. The number of hydrogen-bond donors (Lipinski definition) is 1. The van der Waals surface area contributed by atoms with E-state index in [1.807, 2.05) is 20.9 Å². The molecule has 2 atom stereocenters. The lowest BCUT2D eigenvalue weighted by Gasteiger charge is -2.31. The number of amides is 1. The van der Waals surface area contributed by atoms with Gasteiger partial charge in [-0.05, 0) is 38.7 Å². The van der Waals surface area contributed by atoms with Gasteiger partial charge in [-0.25, -0.2) is 9.50 Å². The molecule has 2 aromatic rings. The van der Waals surface area contributed by atoms with Gasteiger partial charge in [-0.2, -0.15) is 10.1 Å². The zero-order valence-electron chi connectivity index (χ0n) is 15.3. The van der Waals surface area contributed by atoms with E-state index in [9.17, 15) is 9.90 Å². The predicted molar refractivity (Wildman–Crippen MR) is 94.2 cm³/mol. The molecule has 1 aliphatic carbocycles. The van der Waals surface area contributed by atoms with Crippen LogP contribution in [0.3, 0.4) is 0 Å². The van der Waals surface area contributed by atoms with E-state index in [1.54, 1.807) is 9.42 Å². The van der Waals surface area contributed by atoms with Crippen LogP contribution in [0, 0.1) is 19.8 Å². The van der Waals surface area contributed by atoms with Crippen LogP contribution >= 0.6 is 0 Å². The van der Waals surface area contributed by atoms with Crippen LogP contribution in [-0.2, 0) is 11.2 Å². The van der Waals surface area contributed by atoms with E-state index in [4.69, 9.17) is 0 Å². The smallest absolute Gasteiger partial charge is 0.252 e. The Balaban J connectivity index is 1.62. The zero-order chi connectivity index (χ0) is 18.0. The van der Waals surface area contributed by atoms with Gasteiger partial charge in [0.05, 0.1) is 6.10 Å². The maximum atomic E-state index is 12.5. The minimum atomic E-state index is -0.271. The molecule has 136 valence electrons. The maximum Gasteiger partial charge on any atom is 0.252 e. The average molecular weight is 345 g/mol. The standard InChI is InChI=1S/C18H27N5O2/c1-12-15(13(2)23-18(21-12)19-11-20-23)8-9-17(25)22(3)10-14-6-4-5-7-16(14)24/h11,14,16,24H,4-10H2,1-3H3. The summed E-state index contributed by atoms with van der Waals surface area (Å²) in [7, 11) is 1.84. The lowest BCUT2D eigenvalue weighted by atomic mass is 9.86. The van der Waals surface area contributed by atoms with Gasteiger partial charge in [0, 0.05) is 37.3 Å². The van der Waals surface area contributed by atoms with Gasteiger partial charge >= 0.3 is 0 Å². The summed E-state index contributed by atoms with van der Waals surface area (Å²) in [5.41, 5.74) is 2.94. The molecule has 0 bridgehead atoms. The second-order valence-electron chi connectivity index (χ2n) is 7.12. The zero-order valence-corrected chi connectivity index (χ0v) is 15.3. The summed E-state index contributed by atoms with van der Waals surface area (Å²) in [4.78, 5) is 22.9. The Bertz CT molecular complexity index is 757. The Morgan fingerprint density at radius 3 is 2.88 bits per heavy atom. The molecule has 3 rings (SSSR count). The molecule has 1 N–H and O–H groups in total. The molecule has 1 aliphatic rings. The number of hydrogen-bond acceptors (Lipinski definition) is 5. The van der Waals surface area contributed by atoms with Crippen molar-refractivity contribution < 1.29 is 9.90 Å². The van der Waals surface area contributed by atoms with Crippen LogP contribution in [-0.4, -0.2) is 55.2 Å². The molecule has 2 heterocycles. The van der Waals surface area contributed by atoms with E-state index in [0.29, 0.717) is 25.2 Å². The fourth-order valence-corrected chi connectivity index (χ4v) is 3.79. The number of carbonyl (C=O) groups excluding carboxylic acids is 1. The van der Waals surface area contributed by atoms with Crippen LogP contribution < -0.4 is 0 Å². The molecular weight excluding hydrogens is 318 g/mol. The molecule has 1 fully saturated rings. The lowest BCUT2D eigenvalue weighted by Crippen LogP contribution is -2.38. The molecule has 0 aliphatic heterocycles. The molecule has 1 amide bonds. The van der Waals surface area contributed by atoms with E-state index < -0.39 is 0 Å². The highest BCUT2D eigenvalue weighted by Gasteiger charge is 2.25. The van der Waals surface area contributed by atoms with E-state index >= 15 is 0 Å². The van der Waals surface area contributed by atoms with Crippen molar-refractivity contribution in [1.82, 2.24) is 24.5 Å². The van der Waals surface area contributed by atoms with Gasteiger partial charge < -0.3 is 10.0 Å². The Hall–Kier alpha value is -2.02. The molecule has 0 saturated heterocycles. The number of rotatable bonds is 5. The highest BCUT2D eigenvalue weighted by Crippen LogP contribution is 2.25. The van der Waals surface area contributed by atoms with Gasteiger partial charge in [0.25, 0.3) is 5.78 Å². The van der Waals surface area contributed by atoms with Gasteiger partial charge in [-0.15, -0.1) is 0 Å². The Morgan fingerprint density at radius 1 is 1.36 bits per heavy atom. The monoisotopic (exact) mass is 345 g/mol. The molecule has 7 heteroatoms. The van der Waals surface area contributed by atoms with Gasteiger partial charge in [0.1, 0.15) is 6.33 Å². The summed E-state index contributed by atoms with van der Waals surface area (Å²) in [5, 5.41) is 14.3. The van der Waals surface area contributed by atoms with Crippen LogP contribution in [0.25, 0.3) is 5.78 Å². The number of fused-ring (bicyclic) bond motifs is 1. The first-order valence-electron chi connectivity index (χ1n) is 9.05. The quantitative estimate of drug-likeness (QED) is 0.891. The van der Waals surface area contributed by atoms with Crippen molar-refractivity contribution in [3.05, 3.63) is 23.3 Å². The summed E-state index contributed by atoms with van der Waals surface area (Å²) in [5.74, 6) is 0.906. The van der Waals surface area contributed by atoms with Gasteiger partial charge in [0.2, 0.25) is 5.91 Å². The second-order valence-corrected chi connectivity index (χ2v) is 7.12. The molecule has 7 nitrogen and oxygen atoms in total. The topological polar surface area (TPSA) is 83.6 Å². The van der Waals surface area contributed by atoms with Crippen molar-refractivity contribution >= 4 is 11.7 Å². The van der Waals surface area contributed by atoms with Gasteiger partial charge in [-0.1, -0.05) is 12.8 Å². The molecule has 25 heavy (non-hydrogen) atoms. The van der Waals surface area contributed by atoms with Crippen LogP contribution in [0.4, 0.5) is 0 Å². The third-order valence-corrected chi connectivity index (χ3v) is 5.38. The summed E-state index contributed by atoms with van der Waals surface area (Å²) in [6.07, 6.45) is 6.38. The normalized spacial score (nSPS) is 20.8. The van der Waals surface area contributed by atoms with Crippen molar-refractivity contribution in [2.75, 3.05) is 13.6 Å². The number of aromatic nitrogens is 4. The van der Waals surface area contributed by atoms with Gasteiger partial charge in [0.15, 0.2) is 0 Å². The Labute approximate surface area is 148 Å². The lowest BCUT2D eigenvalue weighted by molar-refractivity contribution is -0.131. The highest BCUT2D eigenvalue weighted by molar-refractivity contribution is 5.76. The van der Waals surface area contributed by atoms with Crippen molar-refractivity contribution in [2.24, 2.45) is 5.92 Å². The van der Waals surface area contributed by atoms with Crippen LogP contribution in [0.5, 0.6) is 0 Å². The van der Waals surface area contributed by atoms with Crippen molar-refractivity contribution in [1.29, 1.82) is 0 Å². The van der Waals surface area contributed by atoms with E-state index in [1.165, 1.54) is 6.33 Å². The van der Waals surface area contributed by atoms with E-state index in [-0.39, 0.29) is 17.9 Å². The first-order chi connectivity index (χ1) is 12.0. The SMILES string of the molecule is Cc1nc2ncnn2c(C)c1CCC(=O)N(C)CC1CCCCC1O. The maximum absolute atomic E-state index is 12.5. The largest absolute Gasteiger partial charge is 0.393 e. The van der Waals surface area contributed by atoms with Crippen molar-refractivity contribution in [2.45, 2.75) is 58.5 Å². The fraction of sp³-hybridized carbons (Fsp3) is 0.667. The minimum Gasteiger partial charge on any atom is -0.393 e. The third-order valence-electron chi connectivity index (χ3n) is 5.38. The number of aliphatic hydroxyl groups is 1. The van der Waals surface area contributed by atoms with Gasteiger partial charge in [-0.3, -0.25) is 4.79 Å². The molecule has 0 aromatic carbocycles. The molecule has 1 saturated carbocycles. The highest BCUT2D eigenvalue weighted by atomic mass is 16.3. The summed E-state index contributed by atoms with van der Waals surface area (Å²) < 4.78 is 1.72. The first-order valence-corrected chi connectivity index (χ1v) is 9.05. The number of aryl methyl sites for hydroxylation is 2. The predicted octanol–water partition coefficient (Wildman–Crippen LogP) is 1.68. The van der Waals surface area contributed by atoms with E-state index in [2.05, 4.69) is 15.1 Å². The summed E-state index contributed by atoms with van der Waals surface area (Å²) >= 11 is 0. The number of nitrogens with zero attached hydrogens (tertiary/aromatic N) is 5. The summed E-state index contributed by atoms with van der Waals surface area (Å²) in [6, 6.07) is 0. The molecule has 0 radical (unpaired) electrons. The van der Waals surface area contributed by atoms with Crippen molar-refractivity contribution in [3.63, 3.8) is 0 Å². The van der Waals surface area contributed by atoms with E-state index in [0.717, 1.165) is 42.6 Å². The Kier molecular flexibility index (Phi) is 5.32. The fourth-order valence-electron chi connectivity index (χ4n) is 3.79. The molecule has 0 spiro atoms. The number of carbonyl (C=O) groups is 1. The second kappa shape index (κ2) is 7.47. The number of aliphatic hydroxyl groups excluding tert-OH is 1. The van der Waals surface area contributed by atoms with Crippen LogP contribution in [0.1, 0.15) is 49.1 Å². The van der Waals surface area contributed by atoms with Crippen LogP contribution in [0.2, 0.25) is 0 Å². The Morgan fingerprint density at radius 2 is 2.12 bits per heavy atom. The van der Waals surface area contributed by atoms with Crippen molar-refractivity contribution in [3.8, 4) is 0 Å². The first kappa shape index (κ1) is 17.8. The average Bonchev–Trinajstić information content (AvgIpc) is 3.05. The van der Waals surface area contributed by atoms with Crippen LogP contribution in [0.15, 0.2) is 6.33 Å². The molecule has 2 unspecified atom stereocenters. The molecule has 2 aromatic heterocycles.